The number of nitrogens with zero attached hydrogens (tertiary/aromatic N) is 1. The van der Waals surface area contributed by atoms with Gasteiger partial charge in [0.15, 0.2) is 18.9 Å². The lowest BCUT2D eigenvalue weighted by atomic mass is 9.83. The van der Waals surface area contributed by atoms with Crippen LogP contribution in [0.15, 0.2) is 54.9 Å². The molecule has 7 heteroatoms. The Labute approximate surface area is 257 Å². The number of benzene rings is 2. The molecule has 0 amide bonds. The number of hydrogen-bond acceptors (Lipinski definition) is 2. The maximum Gasteiger partial charge on any atom is 0.340 e. The molecule has 0 saturated heterocycles. The number of carbonyl (C=O) groups excluding carboxylic acids is 1. The summed E-state index contributed by atoms with van der Waals surface area (Å²) in [6.07, 6.45) is 4.37. The standard InChI is InChI=1S/C27H28I4NO2/c1-26(2,3)18-12-9-13-32(14-18)16-27(4,5)20-21(28)19(22(29)24(31)23(20)30)25(33)34-15-17-10-7-6-8-11-17/h6-14H,15-16H2,1-5H3/q+1. The van der Waals surface area contributed by atoms with Gasteiger partial charge in [-0.2, -0.15) is 0 Å². The smallest absolute Gasteiger partial charge is 0.340 e. The molecule has 0 fully saturated rings. The van der Waals surface area contributed by atoms with E-state index in [9.17, 15) is 4.79 Å². The summed E-state index contributed by atoms with van der Waals surface area (Å²) in [5.74, 6) is -0.272. The molecule has 0 bridgehead atoms. The van der Waals surface area contributed by atoms with E-state index in [1.807, 2.05) is 30.3 Å². The van der Waals surface area contributed by atoms with E-state index in [4.69, 9.17) is 4.74 Å². The summed E-state index contributed by atoms with van der Waals surface area (Å²) in [4.78, 5) is 13.3. The second-order valence-corrected chi connectivity index (χ2v) is 14.3. The van der Waals surface area contributed by atoms with Gasteiger partial charge >= 0.3 is 5.97 Å². The molecule has 0 aliphatic heterocycles. The summed E-state index contributed by atoms with van der Waals surface area (Å²) in [6.45, 7) is 12.3. The van der Waals surface area contributed by atoms with Gasteiger partial charge in [-0.1, -0.05) is 51.1 Å². The maximum atomic E-state index is 13.3. The predicted octanol–water partition coefficient (Wildman–Crippen LogP) is 8.02. The Morgan fingerprint density at radius 2 is 1.50 bits per heavy atom. The molecule has 2 aromatic carbocycles. The van der Waals surface area contributed by atoms with E-state index in [2.05, 4.69) is 154 Å². The van der Waals surface area contributed by atoms with Gasteiger partial charge in [0.25, 0.3) is 0 Å². The first kappa shape index (κ1) is 28.5. The summed E-state index contributed by atoms with van der Waals surface area (Å²) >= 11 is 9.43. The average Bonchev–Trinajstić information content (AvgIpc) is 2.76. The molecule has 0 spiro atoms. The zero-order chi connectivity index (χ0) is 25.3. The van der Waals surface area contributed by atoms with Crippen molar-refractivity contribution in [2.24, 2.45) is 0 Å². The van der Waals surface area contributed by atoms with Crippen molar-refractivity contribution in [3.8, 4) is 0 Å². The number of halogens is 4. The molecular weight excluding hydrogens is 878 g/mol. The molecule has 3 rings (SSSR count). The molecule has 0 atom stereocenters. The van der Waals surface area contributed by atoms with Crippen LogP contribution in [0.2, 0.25) is 0 Å². The quantitative estimate of drug-likeness (QED) is 0.0826. The maximum absolute atomic E-state index is 13.3. The van der Waals surface area contributed by atoms with E-state index in [1.165, 1.54) is 14.7 Å². The minimum Gasteiger partial charge on any atom is -0.457 e. The fourth-order valence-electron chi connectivity index (χ4n) is 3.80. The zero-order valence-electron chi connectivity index (χ0n) is 19.9. The van der Waals surface area contributed by atoms with Crippen molar-refractivity contribution >= 4 is 96.3 Å². The Balaban J connectivity index is 1.99. The Morgan fingerprint density at radius 1 is 0.853 bits per heavy atom. The van der Waals surface area contributed by atoms with Crippen molar-refractivity contribution in [1.29, 1.82) is 0 Å². The minimum atomic E-state index is -0.272. The summed E-state index contributed by atoms with van der Waals surface area (Å²) in [7, 11) is 0. The van der Waals surface area contributed by atoms with Crippen LogP contribution in [-0.2, 0) is 28.7 Å². The van der Waals surface area contributed by atoms with Crippen LogP contribution in [-0.4, -0.2) is 5.97 Å². The lowest BCUT2D eigenvalue weighted by molar-refractivity contribution is -0.704. The van der Waals surface area contributed by atoms with Crippen molar-refractivity contribution in [2.75, 3.05) is 0 Å². The summed E-state index contributed by atoms with van der Waals surface area (Å²) < 4.78 is 12.2. The molecule has 34 heavy (non-hydrogen) atoms. The van der Waals surface area contributed by atoms with E-state index in [0.29, 0.717) is 5.56 Å². The lowest BCUT2D eigenvalue weighted by Crippen LogP contribution is -2.44. The fraction of sp³-hybridized carbons (Fsp3) is 0.333. The van der Waals surface area contributed by atoms with E-state index >= 15 is 0 Å². The Hall–Kier alpha value is -0.0200. The first-order valence-corrected chi connectivity index (χ1v) is 15.2. The van der Waals surface area contributed by atoms with Crippen LogP contribution in [0.25, 0.3) is 0 Å². The van der Waals surface area contributed by atoms with Gasteiger partial charge in [0, 0.05) is 25.9 Å². The number of carbonyl (C=O) groups is 1. The van der Waals surface area contributed by atoms with E-state index in [0.717, 1.165) is 22.8 Å². The molecular formula is C27H28I4NO2+. The third-order valence-electron chi connectivity index (χ3n) is 5.66. The first-order chi connectivity index (χ1) is 15.8. The number of hydrogen-bond donors (Lipinski definition) is 0. The SMILES string of the molecule is CC(C)(C)c1ccc[n+](CC(C)(C)c2c(I)c(I)c(I)c(C(=O)OCc3ccccc3)c2I)c1. The van der Waals surface area contributed by atoms with Crippen molar-refractivity contribution in [2.45, 2.75) is 58.6 Å². The molecule has 180 valence electrons. The molecule has 1 aromatic heterocycles. The highest BCUT2D eigenvalue weighted by atomic mass is 127. The van der Waals surface area contributed by atoms with Gasteiger partial charge in [0.05, 0.1) is 11.0 Å². The highest BCUT2D eigenvalue weighted by Gasteiger charge is 2.35. The largest absolute Gasteiger partial charge is 0.457 e. The topological polar surface area (TPSA) is 30.2 Å². The Bertz CT molecular complexity index is 1200. The molecule has 0 unspecified atom stereocenters. The highest BCUT2D eigenvalue weighted by Crippen LogP contribution is 2.40. The summed E-state index contributed by atoms with van der Waals surface area (Å²) in [5, 5.41) is 0. The van der Waals surface area contributed by atoms with Crippen LogP contribution >= 0.6 is 90.4 Å². The number of esters is 1. The second kappa shape index (κ2) is 11.6. The molecule has 3 nitrogen and oxygen atoms in total. The third kappa shape index (κ3) is 6.64. The average molecular weight is 906 g/mol. The molecule has 0 radical (unpaired) electrons. The van der Waals surface area contributed by atoms with Crippen molar-refractivity contribution in [1.82, 2.24) is 0 Å². The number of pyridine rings is 1. The van der Waals surface area contributed by atoms with Crippen molar-refractivity contribution < 1.29 is 14.1 Å². The number of ether oxygens (including phenoxy) is 1. The van der Waals surface area contributed by atoms with Crippen LogP contribution < -0.4 is 4.57 Å². The minimum absolute atomic E-state index is 0.0872. The third-order valence-corrected chi connectivity index (χ3v) is 12.0. The zero-order valence-corrected chi connectivity index (χ0v) is 28.5. The van der Waals surface area contributed by atoms with E-state index < -0.39 is 0 Å². The van der Waals surface area contributed by atoms with Crippen LogP contribution in [0.1, 0.15) is 61.7 Å². The van der Waals surface area contributed by atoms with Crippen LogP contribution in [0, 0.1) is 14.3 Å². The van der Waals surface area contributed by atoms with Gasteiger partial charge in [-0.3, -0.25) is 0 Å². The summed E-state index contributed by atoms with van der Waals surface area (Å²) in [6, 6.07) is 14.1. The molecule has 3 aromatic rings. The number of rotatable bonds is 6. The predicted molar refractivity (Wildman–Crippen MR) is 171 cm³/mol. The fourth-order valence-corrected chi connectivity index (χ4v) is 9.41. The van der Waals surface area contributed by atoms with Crippen LogP contribution in [0.5, 0.6) is 0 Å². The van der Waals surface area contributed by atoms with Gasteiger partial charge in [-0.05, 0) is 127 Å². The van der Waals surface area contributed by atoms with Crippen LogP contribution in [0.3, 0.4) is 0 Å². The van der Waals surface area contributed by atoms with Crippen LogP contribution in [0.4, 0.5) is 0 Å². The Morgan fingerprint density at radius 3 is 2.12 bits per heavy atom. The molecule has 1 heterocycles. The summed E-state index contributed by atoms with van der Waals surface area (Å²) in [5.41, 5.74) is 4.03. The Kier molecular flexibility index (Phi) is 9.72. The van der Waals surface area contributed by atoms with Crippen molar-refractivity contribution in [3.05, 3.63) is 91.4 Å². The number of aromatic nitrogens is 1. The van der Waals surface area contributed by atoms with Gasteiger partial charge in [0.1, 0.15) is 6.61 Å². The molecule has 0 aliphatic rings. The van der Waals surface area contributed by atoms with E-state index in [1.54, 1.807) is 0 Å². The molecule has 0 aliphatic carbocycles. The van der Waals surface area contributed by atoms with Gasteiger partial charge < -0.3 is 4.74 Å². The van der Waals surface area contributed by atoms with E-state index in [-0.39, 0.29) is 23.4 Å². The first-order valence-electron chi connectivity index (χ1n) is 10.9. The normalized spacial score (nSPS) is 12.0. The van der Waals surface area contributed by atoms with Gasteiger partial charge in [-0.25, -0.2) is 9.36 Å². The molecule has 0 N–H and O–H groups in total. The molecule has 0 saturated carbocycles. The highest BCUT2D eigenvalue weighted by molar-refractivity contribution is 14.1. The monoisotopic (exact) mass is 906 g/mol. The van der Waals surface area contributed by atoms with Gasteiger partial charge in [-0.15, -0.1) is 0 Å². The lowest BCUT2D eigenvalue weighted by Gasteiger charge is -2.28. The second-order valence-electron chi connectivity index (χ2n) is 9.97. The van der Waals surface area contributed by atoms with Crippen molar-refractivity contribution in [3.63, 3.8) is 0 Å². The van der Waals surface area contributed by atoms with Gasteiger partial charge in [0.2, 0.25) is 0 Å².